The molecule has 0 amide bonds. The second-order valence-corrected chi connectivity index (χ2v) is 13.6. The molecule has 0 saturated heterocycles. The van der Waals surface area contributed by atoms with Crippen LogP contribution in [0.25, 0.3) is 98.1 Å². The minimum Gasteiger partial charge on any atom is -0.208 e. The summed E-state index contributed by atoms with van der Waals surface area (Å²) in [6.45, 7) is 0. The van der Waals surface area contributed by atoms with Gasteiger partial charge in [-0.25, -0.2) is 15.0 Å². The van der Waals surface area contributed by atoms with E-state index in [1.165, 1.54) is 11.3 Å². The molecule has 8 aromatic carbocycles. The van der Waals surface area contributed by atoms with Gasteiger partial charge in [0.2, 0.25) is 0 Å². The van der Waals surface area contributed by atoms with Gasteiger partial charge in [0.25, 0.3) is 0 Å². The normalized spacial score (nSPS) is 12.9. The maximum atomic E-state index is 8.88. The van der Waals surface area contributed by atoms with E-state index < -0.39 is 6.04 Å². The smallest absolute Gasteiger partial charge is 0.164 e. The van der Waals surface area contributed by atoms with Crippen LogP contribution in [0.2, 0.25) is 0 Å². The van der Waals surface area contributed by atoms with Crippen LogP contribution >= 0.6 is 11.3 Å². The molecule has 0 spiro atoms. The summed E-state index contributed by atoms with van der Waals surface area (Å²) >= 11 is 1.53. The first-order valence-electron chi connectivity index (χ1n) is 19.2. The monoisotopic (exact) mass is 672 g/mol. The summed E-state index contributed by atoms with van der Waals surface area (Å²) in [6.07, 6.45) is 0. The zero-order chi connectivity index (χ0) is 38.1. The Bertz CT molecular complexity index is 3090. The van der Waals surface area contributed by atoms with E-state index >= 15 is 0 Å². The molecule has 0 aliphatic rings. The van der Waals surface area contributed by atoms with Crippen molar-refractivity contribution in [3.05, 3.63) is 176 Å². The van der Waals surface area contributed by atoms with Gasteiger partial charge in [-0.2, -0.15) is 0 Å². The zero-order valence-corrected chi connectivity index (χ0v) is 27.9. The molecule has 0 N–H and O–H groups in total. The predicted molar refractivity (Wildman–Crippen MR) is 215 cm³/mol. The molecule has 0 aliphatic carbocycles. The molecule has 2 aromatic heterocycles. The Kier molecular flexibility index (Phi) is 5.85. The Morgan fingerprint density at radius 3 is 1.57 bits per heavy atom. The van der Waals surface area contributed by atoms with Crippen LogP contribution in [0.1, 0.15) is 6.85 Å². The fourth-order valence-corrected chi connectivity index (χ4v) is 8.05. The fraction of sp³-hybridized carbons (Fsp3) is 0. The molecule has 4 heteroatoms. The molecule has 0 atom stereocenters. The van der Waals surface area contributed by atoms with Crippen LogP contribution in [-0.4, -0.2) is 15.0 Å². The molecule has 0 bridgehead atoms. The molecule has 0 unspecified atom stereocenters. The molecule has 3 nitrogen and oxygen atoms in total. The number of nitrogens with zero attached hydrogens (tertiary/aromatic N) is 3. The van der Waals surface area contributed by atoms with Gasteiger partial charge in [-0.15, -0.1) is 11.3 Å². The molecule has 238 valence electrons. The minimum atomic E-state index is -0.413. The lowest BCUT2D eigenvalue weighted by Crippen LogP contribution is -2.00. The summed E-state index contributed by atoms with van der Waals surface area (Å²) in [6, 6.07) is 47.5. The number of hydrogen-bond acceptors (Lipinski definition) is 4. The lowest BCUT2D eigenvalue weighted by molar-refractivity contribution is 1.08. The highest BCUT2D eigenvalue weighted by molar-refractivity contribution is 7.26. The van der Waals surface area contributed by atoms with E-state index in [1.54, 1.807) is 0 Å². The van der Waals surface area contributed by atoms with Gasteiger partial charge in [-0.1, -0.05) is 145 Å². The topological polar surface area (TPSA) is 38.7 Å². The third-order valence-corrected chi connectivity index (χ3v) is 10.6. The van der Waals surface area contributed by atoms with E-state index in [-0.39, 0.29) is 29.7 Å². The molecule has 10 aromatic rings. The molecule has 2 heterocycles. The number of hydrogen-bond donors (Lipinski definition) is 0. The first-order chi connectivity index (χ1) is 27.3. The largest absolute Gasteiger partial charge is 0.208 e. The van der Waals surface area contributed by atoms with E-state index in [4.69, 9.17) is 21.8 Å². The van der Waals surface area contributed by atoms with Crippen LogP contribution in [0.5, 0.6) is 0 Å². The molecule has 10 rings (SSSR count). The number of thiophene rings is 1. The Morgan fingerprint density at radius 1 is 0.392 bits per heavy atom. The lowest BCUT2D eigenvalue weighted by atomic mass is 9.96. The van der Waals surface area contributed by atoms with Crippen molar-refractivity contribution in [3.8, 4) is 56.4 Å². The quantitative estimate of drug-likeness (QED) is 0.183. The van der Waals surface area contributed by atoms with Crippen molar-refractivity contribution in [2.45, 2.75) is 0 Å². The van der Waals surface area contributed by atoms with Crippen LogP contribution < -0.4 is 0 Å². The van der Waals surface area contributed by atoms with E-state index in [0.29, 0.717) is 23.0 Å². The van der Waals surface area contributed by atoms with Crippen LogP contribution in [0, 0.1) is 0 Å². The molecule has 0 aliphatic heterocycles. The van der Waals surface area contributed by atoms with Crippen molar-refractivity contribution in [1.29, 1.82) is 0 Å². The number of benzene rings is 8. The zero-order valence-electron chi connectivity index (χ0n) is 32.1. The summed E-state index contributed by atoms with van der Waals surface area (Å²) in [5.74, 6) is 1.66. The van der Waals surface area contributed by atoms with Crippen molar-refractivity contribution in [3.63, 3.8) is 0 Å². The predicted octanol–water partition coefficient (Wildman–Crippen LogP) is 12.9. The first-order valence-corrected chi connectivity index (χ1v) is 17.5. The molecule has 0 fully saturated rings. The van der Waals surface area contributed by atoms with Gasteiger partial charge in [-0.05, 0) is 68.6 Å². The van der Waals surface area contributed by atoms with Crippen LogP contribution in [0.4, 0.5) is 0 Å². The van der Waals surface area contributed by atoms with Crippen LogP contribution in [0.15, 0.2) is 176 Å². The second kappa shape index (κ2) is 12.1. The second-order valence-electron chi connectivity index (χ2n) is 12.5. The maximum absolute atomic E-state index is 8.88. The van der Waals surface area contributed by atoms with Crippen molar-refractivity contribution in [2.24, 2.45) is 0 Å². The molecule has 0 saturated carbocycles. The van der Waals surface area contributed by atoms with Crippen molar-refractivity contribution in [2.75, 3.05) is 0 Å². The Labute approximate surface area is 306 Å². The van der Waals surface area contributed by atoms with E-state index in [1.807, 2.05) is 78.9 Å². The Balaban J connectivity index is 1.19. The SMILES string of the molecule is [2H]c1c([2H])c([2H])c(-c2cc(-c3ccccc3)cc3c2sc2cc(-c4nc(-c5ccc6ccccc6c5)nc(-c5ccc6ccccc6c5)n4)ccc23)c([2H])c1[2H]. The summed E-state index contributed by atoms with van der Waals surface area (Å²) in [5, 5.41) is 6.37. The van der Waals surface area contributed by atoms with Crippen LogP contribution in [0.3, 0.4) is 0 Å². The molecular weight excluding hydrogens is 639 g/mol. The summed E-state index contributed by atoms with van der Waals surface area (Å²) in [7, 11) is 0. The lowest BCUT2D eigenvalue weighted by Gasteiger charge is -2.10. The highest BCUT2D eigenvalue weighted by atomic mass is 32.1. The van der Waals surface area contributed by atoms with Crippen LogP contribution in [-0.2, 0) is 0 Å². The summed E-state index contributed by atoms with van der Waals surface area (Å²) < 4.78 is 44.7. The molecule has 51 heavy (non-hydrogen) atoms. The fourth-order valence-electron chi connectivity index (χ4n) is 6.80. The van der Waals surface area contributed by atoms with E-state index in [0.717, 1.165) is 69.5 Å². The van der Waals surface area contributed by atoms with E-state index in [2.05, 4.69) is 66.7 Å². The average Bonchev–Trinajstić information content (AvgIpc) is 3.63. The minimum absolute atomic E-state index is 0.183. The Hall–Kier alpha value is -6.49. The van der Waals surface area contributed by atoms with Gasteiger partial charge in [0.1, 0.15) is 0 Å². The highest BCUT2D eigenvalue weighted by Crippen LogP contribution is 2.44. The van der Waals surface area contributed by atoms with Gasteiger partial charge in [0.15, 0.2) is 17.5 Å². The van der Waals surface area contributed by atoms with Gasteiger partial charge in [0, 0.05) is 42.4 Å². The number of fused-ring (bicyclic) bond motifs is 5. The third-order valence-electron chi connectivity index (χ3n) is 9.36. The molecular formula is C47H29N3S. The van der Waals surface area contributed by atoms with Crippen molar-refractivity contribution >= 4 is 53.1 Å². The van der Waals surface area contributed by atoms with Gasteiger partial charge >= 0.3 is 0 Å². The molecule has 0 radical (unpaired) electrons. The van der Waals surface area contributed by atoms with Gasteiger partial charge in [0.05, 0.1) is 6.85 Å². The van der Waals surface area contributed by atoms with Crippen molar-refractivity contribution in [1.82, 2.24) is 15.0 Å². The third kappa shape index (κ3) is 5.34. The Morgan fingerprint density at radius 2 is 0.941 bits per heavy atom. The standard InChI is InChI=1S/C47H29N3S/c1-3-11-30(12-4-1)39-27-41(33-15-5-2-6-16-33)44-42(28-39)40-24-23-38(29-43(40)51-44)47-49-45(36-21-19-31-13-7-9-17-34(31)25-36)48-46(50-47)37-22-20-32-14-8-10-18-35(32)26-37/h1-29H/i2D,5D,6D,15D,16D. The number of rotatable bonds is 5. The van der Waals surface area contributed by atoms with E-state index in [9.17, 15) is 0 Å². The first kappa shape index (κ1) is 24.6. The number of aromatic nitrogens is 3. The summed E-state index contributed by atoms with van der Waals surface area (Å²) in [4.78, 5) is 15.2. The van der Waals surface area contributed by atoms with Crippen molar-refractivity contribution < 1.29 is 6.85 Å². The highest BCUT2D eigenvalue weighted by Gasteiger charge is 2.17. The van der Waals surface area contributed by atoms with Gasteiger partial charge < -0.3 is 0 Å². The maximum Gasteiger partial charge on any atom is 0.164 e. The average molecular weight is 673 g/mol. The van der Waals surface area contributed by atoms with Gasteiger partial charge in [-0.3, -0.25) is 0 Å². The summed E-state index contributed by atoms with van der Waals surface area (Å²) in [5.41, 5.74) is 5.21.